The molecule has 2 N–H and O–H groups in total. The van der Waals surface area contributed by atoms with E-state index in [0.29, 0.717) is 34.2 Å². The van der Waals surface area contributed by atoms with Gasteiger partial charge in [0.25, 0.3) is 0 Å². The summed E-state index contributed by atoms with van der Waals surface area (Å²) in [5.41, 5.74) is 0.311. The first kappa shape index (κ1) is 21.1. The van der Waals surface area contributed by atoms with Crippen LogP contribution in [0.5, 0.6) is 0 Å². The summed E-state index contributed by atoms with van der Waals surface area (Å²) in [7, 11) is 2.13. The van der Waals surface area contributed by atoms with E-state index in [0.717, 1.165) is 25.9 Å². The summed E-state index contributed by atoms with van der Waals surface area (Å²) >= 11 is 3.27. The lowest BCUT2D eigenvalue weighted by Crippen LogP contribution is -2.45. The number of aliphatic hydroxyl groups is 1. The topological polar surface area (TPSA) is 69.5 Å². The molecule has 30 heavy (non-hydrogen) atoms. The standard InChI is InChI=1S/C22H26BrFN4O2/c1-22-11-18(29)19(30-12-14-5-7-28(2)8-6-14)10-20(22)25-13-26-21(22)27-17-4-3-15(23)9-16(17)24/h3-4,9-11,13-14,21,27,29H,5-8,12H2,1-2H3. The Hall–Kier alpha value is -2.19. The number of benzene rings is 1. The predicted molar refractivity (Wildman–Crippen MR) is 121 cm³/mol. The third kappa shape index (κ3) is 4.30. The number of nitrogens with one attached hydrogen (secondary N) is 1. The highest BCUT2D eigenvalue weighted by atomic mass is 79.9. The van der Waals surface area contributed by atoms with Gasteiger partial charge in [0, 0.05) is 10.5 Å². The van der Waals surface area contributed by atoms with Gasteiger partial charge in [-0.1, -0.05) is 15.9 Å². The zero-order valence-electron chi connectivity index (χ0n) is 17.1. The quantitative estimate of drug-likeness (QED) is 0.655. The van der Waals surface area contributed by atoms with E-state index in [1.165, 1.54) is 12.4 Å². The van der Waals surface area contributed by atoms with Crippen LogP contribution in [-0.4, -0.2) is 55.0 Å². The van der Waals surface area contributed by atoms with Crippen LogP contribution in [0.25, 0.3) is 0 Å². The summed E-state index contributed by atoms with van der Waals surface area (Å²) in [5, 5.41) is 13.8. The largest absolute Gasteiger partial charge is 0.504 e. The fourth-order valence-electron chi connectivity index (χ4n) is 3.99. The van der Waals surface area contributed by atoms with E-state index in [1.54, 1.807) is 24.3 Å². The highest BCUT2D eigenvalue weighted by Gasteiger charge is 2.42. The minimum atomic E-state index is -0.737. The molecule has 6 nitrogen and oxygen atoms in total. The van der Waals surface area contributed by atoms with Gasteiger partial charge in [-0.2, -0.15) is 0 Å². The van der Waals surface area contributed by atoms with Crippen LogP contribution in [0.4, 0.5) is 10.1 Å². The first-order chi connectivity index (χ1) is 14.3. The van der Waals surface area contributed by atoms with Crippen LogP contribution in [0, 0.1) is 17.2 Å². The molecule has 160 valence electrons. The molecule has 2 atom stereocenters. The van der Waals surface area contributed by atoms with E-state index >= 15 is 0 Å². The number of allylic oxidation sites excluding steroid dienone is 1. The van der Waals surface area contributed by atoms with Crippen LogP contribution >= 0.6 is 15.9 Å². The minimum absolute atomic E-state index is 0.0598. The molecule has 0 saturated carbocycles. The lowest BCUT2D eigenvalue weighted by molar-refractivity contribution is 0.111. The van der Waals surface area contributed by atoms with Gasteiger partial charge in [-0.3, -0.25) is 0 Å². The van der Waals surface area contributed by atoms with Gasteiger partial charge in [0.15, 0.2) is 11.5 Å². The summed E-state index contributed by atoms with van der Waals surface area (Å²) in [5.74, 6) is 0.584. The molecular weight excluding hydrogens is 451 g/mol. The van der Waals surface area contributed by atoms with Gasteiger partial charge in [0.05, 0.1) is 23.4 Å². The molecule has 1 fully saturated rings. The van der Waals surface area contributed by atoms with Crippen molar-refractivity contribution in [3.05, 3.63) is 52.2 Å². The molecule has 1 saturated heterocycles. The van der Waals surface area contributed by atoms with Crippen molar-refractivity contribution in [2.75, 3.05) is 32.1 Å². The number of nitrogens with zero attached hydrogens (tertiary/aromatic N) is 3. The molecule has 1 aromatic rings. The van der Waals surface area contributed by atoms with E-state index in [2.05, 4.69) is 43.2 Å². The van der Waals surface area contributed by atoms with Crippen LogP contribution in [0.2, 0.25) is 0 Å². The van der Waals surface area contributed by atoms with E-state index in [4.69, 9.17) is 4.74 Å². The fraction of sp³-hybridized carbons (Fsp3) is 0.455. The van der Waals surface area contributed by atoms with Crippen molar-refractivity contribution in [2.45, 2.75) is 25.9 Å². The first-order valence-electron chi connectivity index (χ1n) is 10.1. The van der Waals surface area contributed by atoms with Crippen molar-refractivity contribution in [1.29, 1.82) is 0 Å². The molecule has 2 heterocycles. The van der Waals surface area contributed by atoms with Gasteiger partial charge < -0.3 is 20.1 Å². The first-order valence-corrected chi connectivity index (χ1v) is 10.9. The molecule has 8 heteroatoms. The summed E-state index contributed by atoms with van der Waals surface area (Å²) in [6.07, 6.45) is 6.58. The number of aliphatic hydroxyl groups excluding tert-OH is 1. The monoisotopic (exact) mass is 476 g/mol. The minimum Gasteiger partial charge on any atom is -0.504 e. The second-order valence-corrected chi connectivity index (χ2v) is 9.24. The van der Waals surface area contributed by atoms with Crippen molar-refractivity contribution in [2.24, 2.45) is 21.3 Å². The molecule has 1 aliphatic carbocycles. The Morgan fingerprint density at radius 1 is 1.37 bits per heavy atom. The van der Waals surface area contributed by atoms with Crippen molar-refractivity contribution >= 4 is 33.7 Å². The number of fused-ring (bicyclic) bond motifs is 1. The van der Waals surface area contributed by atoms with Crippen LogP contribution in [0.15, 0.2) is 56.3 Å². The van der Waals surface area contributed by atoms with Crippen molar-refractivity contribution < 1.29 is 14.2 Å². The average molecular weight is 477 g/mol. The van der Waals surface area contributed by atoms with E-state index in [1.807, 2.05) is 6.92 Å². The van der Waals surface area contributed by atoms with Gasteiger partial charge >= 0.3 is 0 Å². The van der Waals surface area contributed by atoms with Crippen molar-refractivity contribution in [1.82, 2.24) is 4.90 Å². The molecule has 0 aromatic heterocycles. The Morgan fingerprint density at radius 2 is 2.13 bits per heavy atom. The number of piperidine rings is 1. The second kappa shape index (κ2) is 8.51. The second-order valence-electron chi connectivity index (χ2n) is 8.33. The zero-order chi connectivity index (χ0) is 21.3. The van der Waals surface area contributed by atoms with Crippen molar-refractivity contribution in [3.63, 3.8) is 0 Å². The van der Waals surface area contributed by atoms with Crippen LogP contribution < -0.4 is 5.32 Å². The number of aliphatic imine (C=N–C) groups is 2. The molecule has 4 rings (SSSR count). The van der Waals surface area contributed by atoms with Gasteiger partial charge in [-0.25, -0.2) is 14.4 Å². The number of anilines is 1. The van der Waals surface area contributed by atoms with E-state index in [-0.39, 0.29) is 11.6 Å². The molecule has 3 aliphatic rings. The van der Waals surface area contributed by atoms with Gasteiger partial charge in [-0.15, -0.1) is 0 Å². The molecule has 2 unspecified atom stereocenters. The Labute approximate surface area is 184 Å². The fourth-order valence-corrected chi connectivity index (χ4v) is 4.32. The maximum Gasteiger partial charge on any atom is 0.162 e. The highest BCUT2D eigenvalue weighted by molar-refractivity contribution is 9.10. The van der Waals surface area contributed by atoms with E-state index < -0.39 is 11.6 Å². The number of likely N-dealkylation sites (tertiary alicyclic amines) is 1. The van der Waals surface area contributed by atoms with Crippen molar-refractivity contribution in [3.8, 4) is 0 Å². The van der Waals surface area contributed by atoms with Crippen LogP contribution in [-0.2, 0) is 4.74 Å². The SMILES string of the molecule is CN1CCC(COC2=CC3=NC=NC(Nc4ccc(Br)cc4F)C3(C)C=C2O)CC1. The number of rotatable bonds is 5. The van der Waals surface area contributed by atoms with Gasteiger partial charge in [-0.05, 0) is 70.1 Å². The van der Waals surface area contributed by atoms with Gasteiger partial charge in [0.1, 0.15) is 18.3 Å². The number of hydrogen-bond donors (Lipinski definition) is 2. The van der Waals surface area contributed by atoms with Gasteiger partial charge in [0.2, 0.25) is 0 Å². The van der Waals surface area contributed by atoms with E-state index in [9.17, 15) is 9.50 Å². The average Bonchev–Trinajstić information content (AvgIpc) is 2.70. The molecule has 0 radical (unpaired) electrons. The maximum absolute atomic E-state index is 14.3. The summed E-state index contributed by atoms with van der Waals surface area (Å²) < 4.78 is 20.9. The number of ether oxygens (including phenoxy) is 1. The third-order valence-corrected chi connectivity index (χ3v) is 6.52. The number of hydrogen-bond acceptors (Lipinski definition) is 6. The Balaban J connectivity index is 1.48. The molecule has 0 spiro atoms. The molecule has 0 bridgehead atoms. The Bertz CT molecular complexity index is 937. The zero-order valence-corrected chi connectivity index (χ0v) is 18.7. The molecule has 2 aliphatic heterocycles. The summed E-state index contributed by atoms with van der Waals surface area (Å²) in [6.45, 7) is 4.62. The lowest BCUT2D eigenvalue weighted by Gasteiger charge is -2.38. The Kier molecular flexibility index (Phi) is 5.97. The Morgan fingerprint density at radius 3 is 2.87 bits per heavy atom. The summed E-state index contributed by atoms with van der Waals surface area (Å²) in [4.78, 5) is 11.1. The van der Waals surface area contributed by atoms with Crippen LogP contribution in [0.3, 0.4) is 0 Å². The maximum atomic E-state index is 14.3. The summed E-state index contributed by atoms with van der Waals surface area (Å²) in [6, 6.07) is 4.82. The predicted octanol–water partition coefficient (Wildman–Crippen LogP) is 4.51. The highest BCUT2D eigenvalue weighted by Crippen LogP contribution is 2.38. The lowest BCUT2D eigenvalue weighted by atomic mass is 9.77. The third-order valence-electron chi connectivity index (χ3n) is 6.03. The normalized spacial score (nSPS) is 27.1. The molecular formula is C22H26BrFN4O2. The molecule has 1 aromatic carbocycles. The molecule has 0 amide bonds. The number of halogens is 2. The smallest absolute Gasteiger partial charge is 0.162 e. The van der Waals surface area contributed by atoms with Crippen LogP contribution in [0.1, 0.15) is 19.8 Å².